The standard InChI is InChI=1S/C15H17ClN2O2S2/c1-8-5-12(13(20-4)6-11(8)16)18-14(19)10(3)22-15-17-9(2)7-21-15/h5-7,10H,1-4H3,(H,18,19). The second-order valence-electron chi connectivity index (χ2n) is 4.81. The molecule has 2 aromatic rings. The Morgan fingerprint density at radius 3 is 2.77 bits per heavy atom. The number of aromatic nitrogens is 1. The zero-order valence-electron chi connectivity index (χ0n) is 12.8. The molecule has 0 aliphatic rings. The van der Waals surface area contributed by atoms with Gasteiger partial charge in [-0.15, -0.1) is 11.3 Å². The van der Waals surface area contributed by atoms with Gasteiger partial charge in [0.05, 0.1) is 18.0 Å². The number of methoxy groups -OCH3 is 1. The van der Waals surface area contributed by atoms with E-state index in [1.165, 1.54) is 11.8 Å². The predicted molar refractivity (Wildman–Crippen MR) is 93.5 cm³/mol. The van der Waals surface area contributed by atoms with Gasteiger partial charge < -0.3 is 10.1 Å². The van der Waals surface area contributed by atoms with Crippen LogP contribution in [0.2, 0.25) is 5.02 Å². The third-order valence-electron chi connectivity index (χ3n) is 2.98. The largest absolute Gasteiger partial charge is 0.495 e. The molecule has 0 spiro atoms. The average Bonchev–Trinajstić information content (AvgIpc) is 2.87. The molecule has 1 heterocycles. The first-order valence-corrected chi connectivity index (χ1v) is 8.78. The molecule has 1 N–H and O–H groups in total. The minimum absolute atomic E-state index is 0.0992. The van der Waals surface area contributed by atoms with Crippen molar-refractivity contribution in [2.45, 2.75) is 30.4 Å². The Balaban J connectivity index is 2.09. The molecule has 0 saturated carbocycles. The monoisotopic (exact) mass is 356 g/mol. The van der Waals surface area contributed by atoms with E-state index in [4.69, 9.17) is 16.3 Å². The summed E-state index contributed by atoms with van der Waals surface area (Å²) in [6.45, 7) is 5.67. The number of benzene rings is 1. The zero-order valence-corrected chi connectivity index (χ0v) is 15.2. The molecule has 2 rings (SSSR count). The van der Waals surface area contributed by atoms with E-state index in [0.29, 0.717) is 16.5 Å². The SMILES string of the molecule is COc1cc(Cl)c(C)cc1NC(=O)C(C)Sc1nc(C)cs1. The number of thiazole rings is 1. The summed E-state index contributed by atoms with van der Waals surface area (Å²) in [6.07, 6.45) is 0. The van der Waals surface area contributed by atoms with Gasteiger partial charge in [-0.1, -0.05) is 23.4 Å². The summed E-state index contributed by atoms with van der Waals surface area (Å²) in [4.78, 5) is 16.7. The summed E-state index contributed by atoms with van der Waals surface area (Å²) in [5.74, 6) is 0.448. The molecular weight excluding hydrogens is 340 g/mol. The first kappa shape index (κ1) is 17.1. The Labute approximate surface area is 143 Å². The minimum atomic E-state index is -0.258. The number of hydrogen-bond acceptors (Lipinski definition) is 5. The summed E-state index contributed by atoms with van der Waals surface area (Å²) in [5.41, 5.74) is 2.47. The van der Waals surface area contributed by atoms with Gasteiger partial charge in [0, 0.05) is 22.2 Å². The van der Waals surface area contributed by atoms with E-state index < -0.39 is 0 Å². The van der Waals surface area contributed by atoms with Crippen LogP contribution in [0.4, 0.5) is 5.69 Å². The number of thioether (sulfide) groups is 1. The van der Waals surface area contributed by atoms with Crippen molar-refractivity contribution >= 4 is 46.3 Å². The van der Waals surface area contributed by atoms with Crippen LogP contribution in [0, 0.1) is 13.8 Å². The molecule has 4 nitrogen and oxygen atoms in total. The van der Waals surface area contributed by atoms with Crippen molar-refractivity contribution in [3.63, 3.8) is 0 Å². The van der Waals surface area contributed by atoms with Crippen LogP contribution in [0.1, 0.15) is 18.2 Å². The van der Waals surface area contributed by atoms with E-state index in [9.17, 15) is 4.79 Å². The second-order valence-corrected chi connectivity index (χ2v) is 7.66. The van der Waals surface area contributed by atoms with Crippen molar-refractivity contribution in [1.82, 2.24) is 4.98 Å². The molecule has 22 heavy (non-hydrogen) atoms. The first-order valence-electron chi connectivity index (χ1n) is 6.64. The van der Waals surface area contributed by atoms with Gasteiger partial charge in [0.25, 0.3) is 0 Å². The summed E-state index contributed by atoms with van der Waals surface area (Å²) in [5, 5.41) is 5.21. The zero-order chi connectivity index (χ0) is 16.3. The van der Waals surface area contributed by atoms with Gasteiger partial charge in [-0.3, -0.25) is 4.79 Å². The van der Waals surface area contributed by atoms with Crippen LogP contribution < -0.4 is 10.1 Å². The predicted octanol–water partition coefficient (Wildman–Crippen LogP) is 4.54. The van der Waals surface area contributed by atoms with E-state index in [2.05, 4.69) is 10.3 Å². The molecular formula is C15H17ClN2O2S2. The Hall–Kier alpha value is -1.24. The third kappa shape index (κ3) is 4.15. The van der Waals surface area contributed by atoms with Crippen molar-refractivity contribution in [2.24, 2.45) is 0 Å². The normalized spacial score (nSPS) is 12.0. The van der Waals surface area contributed by atoms with E-state index in [1.807, 2.05) is 32.2 Å². The Bertz CT molecular complexity index is 688. The number of nitrogens with one attached hydrogen (secondary N) is 1. The van der Waals surface area contributed by atoms with Crippen molar-refractivity contribution in [3.8, 4) is 5.75 Å². The molecule has 0 aliphatic carbocycles. The number of halogens is 1. The van der Waals surface area contributed by atoms with Gasteiger partial charge in [-0.2, -0.15) is 0 Å². The molecule has 1 aromatic carbocycles. The van der Waals surface area contributed by atoms with Gasteiger partial charge in [0.1, 0.15) is 5.75 Å². The van der Waals surface area contributed by atoms with Gasteiger partial charge in [-0.25, -0.2) is 4.98 Å². The van der Waals surface area contributed by atoms with E-state index >= 15 is 0 Å². The number of amides is 1. The van der Waals surface area contributed by atoms with Crippen molar-refractivity contribution < 1.29 is 9.53 Å². The van der Waals surface area contributed by atoms with Crippen LogP contribution in [0.25, 0.3) is 0 Å². The fourth-order valence-corrected chi connectivity index (χ4v) is 3.89. The van der Waals surface area contributed by atoms with Gasteiger partial charge in [0.15, 0.2) is 4.34 Å². The lowest BCUT2D eigenvalue weighted by atomic mass is 10.2. The molecule has 118 valence electrons. The molecule has 0 aliphatic heterocycles. The number of carbonyl (C=O) groups is 1. The lowest BCUT2D eigenvalue weighted by molar-refractivity contribution is -0.115. The lowest BCUT2D eigenvalue weighted by Crippen LogP contribution is -2.22. The number of ether oxygens (including phenoxy) is 1. The molecule has 1 amide bonds. The van der Waals surface area contributed by atoms with Crippen LogP contribution in [0.3, 0.4) is 0 Å². The Morgan fingerprint density at radius 1 is 1.45 bits per heavy atom. The highest BCUT2D eigenvalue weighted by molar-refractivity contribution is 8.02. The maximum atomic E-state index is 12.3. The molecule has 0 fully saturated rings. The molecule has 1 atom stereocenters. The van der Waals surface area contributed by atoms with Crippen LogP contribution in [0.15, 0.2) is 21.9 Å². The van der Waals surface area contributed by atoms with E-state index in [-0.39, 0.29) is 11.2 Å². The number of carbonyl (C=O) groups excluding carboxylic acids is 1. The molecule has 0 bridgehead atoms. The minimum Gasteiger partial charge on any atom is -0.495 e. The van der Waals surface area contributed by atoms with Crippen LogP contribution >= 0.6 is 34.7 Å². The fraction of sp³-hybridized carbons (Fsp3) is 0.333. The molecule has 7 heteroatoms. The maximum Gasteiger partial charge on any atom is 0.237 e. The smallest absolute Gasteiger partial charge is 0.237 e. The van der Waals surface area contributed by atoms with Crippen molar-refractivity contribution in [3.05, 3.63) is 33.8 Å². The molecule has 1 unspecified atom stereocenters. The number of aryl methyl sites for hydroxylation is 2. The van der Waals surface area contributed by atoms with Crippen LogP contribution in [-0.4, -0.2) is 23.3 Å². The summed E-state index contributed by atoms with van der Waals surface area (Å²) in [7, 11) is 1.55. The Morgan fingerprint density at radius 2 is 2.18 bits per heavy atom. The van der Waals surface area contributed by atoms with Crippen molar-refractivity contribution in [2.75, 3.05) is 12.4 Å². The maximum absolute atomic E-state index is 12.3. The van der Waals surface area contributed by atoms with Crippen LogP contribution in [0.5, 0.6) is 5.75 Å². The first-order chi connectivity index (χ1) is 10.4. The molecule has 0 radical (unpaired) electrons. The van der Waals surface area contributed by atoms with Gasteiger partial charge in [0.2, 0.25) is 5.91 Å². The topological polar surface area (TPSA) is 51.2 Å². The van der Waals surface area contributed by atoms with Gasteiger partial charge in [-0.05, 0) is 32.4 Å². The highest BCUT2D eigenvalue weighted by Crippen LogP contribution is 2.32. The number of anilines is 1. The summed E-state index contributed by atoms with van der Waals surface area (Å²) in [6, 6.07) is 3.51. The van der Waals surface area contributed by atoms with Gasteiger partial charge >= 0.3 is 0 Å². The summed E-state index contributed by atoms with van der Waals surface area (Å²) >= 11 is 9.05. The average molecular weight is 357 g/mol. The number of rotatable bonds is 5. The number of nitrogens with zero attached hydrogens (tertiary/aromatic N) is 1. The highest BCUT2D eigenvalue weighted by Gasteiger charge is 2.18. The van der Waals surface area contributed by atoms with E-state index in [0.717, 1.165) is 15.6 Å². The second kappa shape index (κ2) is 7.35. The van der Waals surface area contributed by atoms with E-state index in [1.54, 1.807) is 24.5 Å². The Kier molecular flexibility index (Phi) is 5.72. The lowest BCUT2D eigenvalue weighted by Gasteiger charge is -2.14. The quantitative estimate of drug-likeness (QED) is 0.799. The van der Waals surface area contributed by atoms with Crippen molar-refractivity contribution in [1.29, 1.82) is 0 Å². The third-order valence-corrected chi connectivity index (χ3v) is 5.58. The number of hydrogen-bond donors (Lipinski definition) is 1. The van der Waals surface area contributed by atoms with Crippen LogP contribution in [-0.2, 0) is 4.79 Å². The molecule has 0 saturated heterocycles. The molecule has 1 aromatic heterocycles. The fourth-order valence-electron chi connectivity index (χ4n) is 1.76. The summed E-state index contributed by atoms with van der Waals surface area (Å²) < 4.78 is 6.16. The highest BCUT2D eigenvalue weighted by atomic mass is 35.5.